The van der Waals surface area contributed by atoms with Crippen molar-refractivity contribution >= 4 is 28.1 Å². The Morgan fingerprint density at radius 2 is 2.22 bits per heavy atom. The van der Waals surface area contributed by atoms with E-state index in [1.54, 1.807) is 6.07 Å². The summed E-state index contributed by atoms with van der Waals surface area (Å²) in [5, 5.41) is 14.6. The summed E-state index contributed by atoms with van der Waals surface area (Å²) < 4.78 is 0. The third-order valence-electron chi connectivity index (χ3n) is 2.35. The Bertz CT molecular complexity index is 549. The number of thiazole rings is 1. The second-order valence-corrected chi connectivity index (χ2v) is 4.95. The number of anilines is 2. The molecule has 0 spiro atoms. The van der Waals surface area contributed by atoms with Gasteiger partial charge >= 0.3 is 5.97 Å². The predicted octanol–water partition coefficient (Wildman–Crippen LogP) is 3.10. The second-order valence-electron chi connectivity index (χ2n) is 4.09. The van der Waals surface area contributed by atoms with Crippen LogP contribution in [0.2, 0.25) is 0 Å². The number of nitrogens with zero attached hydrogens (tertiary/aromatic N) is 2. The number of carbonyl (C=O) groups is 1. The van der Waals surface area contributed by atoms with Crippen molar-refractivity contribution in [1.29, 1.82) is 0 Å². The minimum Gasteiger partial charge on any atom is -0.477 e. The fraction of sp³-hybridized carbons (Fsp3) is 0.250. The molecule has 0 aromatic carbocycles. The minimum atomic E-state index is -1.03. The molecule has 0 saturated heterocycles. The number of aromatic carboxylic acids is 1. The van der Waals surface area contributed by atoms with E-state index >= 15 is 0 Å². The molecule has 2 N–H and O–H groups in total. The lowest BCUT2D eigenvalue weighted by molar-refractivity contribution is 0.0690. The zero-order valence-corrected chi connectivity index (χ0v) is 10.9. The van der Waals surface area contributed by atoms with Crippen molar-refractivity contribution in [3.63, 3.8) is 0 Å². The van der Waals surface area contributed by atoms with E-state index in [-0.39, 0.29) is 5.69 Å². The molecule has 0 amide bonds. The number of carboxylic acid groups (broad SMARTS) is 1. The highest BCUT2D eigenvalue weighted by atomic mass is 32.1. The lowest BCUT2D eigenvalue weighted by Gasteiger charge is -2.02. The smallest absolute Gasteiger partial charge is 0.354 e. The lowest BCUT2D eigenvalue weighted by Crippen LogP contribution is -2.00. The van der Waals surface area contributed by atoms with Crippen LogP contribution in [0.15, 0.2) is 23.7 Å². The third kappa shape index (κ3) is 2.84. The van der Waals surface area contributed by atoms with E-state index in [4.69, 9.17) is 5.11 Å². The first kappa shape index (κ1) is 12.5. The molecular weight excluding hydrogens is 250 g/mol. The Morgan fingerprint density at radius 3 is 2.72 bits per heavy atom. The lowest BCUT2D eigenvalue weighted by atomic mass is 10.2. The summed E-state index contributed by atoms with van der Waals surface area (Å²) in [6.07, 6.45) is 1.49. The maximum absolute atomic E-state index is 10.7. The molecule has 0 fully saturated rings. The van der Waals surface area contributed by atoms with Crippen LogP contribution in [0, 0.1) is 0 Å². The van der Waals surface area contributed by atoms with Gasteiger partial charge in [-0.25, -0.2) is 14.8 Å². The average molecular weight is 263 g/mol. The van der Waals surface area contributed by atoms with E-state index in [0.717, 1.165) is 16.5 Å². The van der Waals surface area contributed by atoms with Gasteiger partial charge in [0, 0.05) is 5.38 Å². The zero-order valence-electron chi connectivity index (χ0n) is 10.0. The first-order valence-corrected chi connectivity index (χ1v) is 6.36. The zero-order chi connectivity index (χ0) is 13.1. The van der Waals surface area contributed by atoms with Gasteiger partial charge in [0.2, 0.25) is 0 Å². The van der Waals surface area contributed by atoms with E-state index in [2.05, 4.69) is 29.1 Å². The van der Waals surface area contributed by atoms with Crippen LogP contribution in [0.25, 0.3) is 0 Å². The van der Waals surface area contributed by atoms with Gasteiger partial charge in [-0.15, -0.1) is 11.3 Å². The topological polar surface area (TPSA) is 75.1 Å². The van der Waals surface area contributed by atoms with Crippen LogP contribution in [0.3, 0.4) is 0 Å². The maximum atomic E-state index is 10.7. The van der Waals surface area contributed by atoms with Gasteiger partial charge in [-0.2, -0.15) is 0 Å². The van der Waals surface area contributed by atoms with Gasteiger partial charge in [0.25, 0.3) is 0 Å². The predicted molar refractivity (Wildman–Crippen MR) is 70.7 cm³/mol. The average Bonchev–Trinajstić information content (AvgIpc) is 2.78. The Hall–Kier alpha value is -1.95. The van der Waals surface area contributed by atoms with Crippen molar-refractivity contribution < 1.29 is 9.90 Å². The molecule has 94 valence electrons. The van der Waals surface area contributed by atoms with E-state index in [9.17, 15) is 4.79 Å². The van der Waals surface area contributed by atoms with Crippen LogP contribution in [0.1, 0.15) is 35.9 Å². The molecule has 0 radical (unpaired) electrons. The Morgan fingerprint density at radius 1 is 1.44 bits per heavy atom. The summed E-state index contributed by atoms with van der Waals surface area (Å²) in [5.74, 6) is -0.637. The van der Waals surface area contributed by atoms with Gasteiger partial charge < -0.3 is 10.4 Å². The Labute approximate surface area is 109 Å². The summed E-state index contributed by atoms with van der Waals surface area (Å²) in [6, 6.07) is 3.13. The number of hydrogen-bond acceptors (Lipinski definition) is 5. The van der Waals surface area contributed by atoms with Crippen LogP contribution < -0.4 is 5.32 Å². The van der Waals surface area contributed by atoms with Crippen molar-refractivity contribution in [2.75, 3.05) is 5.32 Å². The molecule has 0 atom stereocenters. The van der Waals surface area contributed by atoms with Crippen LogP contribution >= 0.6 is 11.3 Å². The summed E-state index contributed by atoms with van der Waals surface area (Å²) >= 11 is 1.52. The molecule has 0 aliphatic heterocycles. The summed E-state index contributed by atoms with van der Waals surface area (Å²) in [4.78, 5) is 18.9. The van der Waals surface area contributed by atoms with Gasteiger partial charge in [-0.05, 0) is 18.1 Å². The largest absolute Gasteiger partial charge is 0.477 e. The monoisotopic (exact) mass is 263 g/mol. The molecule has 6 heteroatoms. The number of pyridine rings is 1. The maximum Gasteiger partial charge on any atom is 0.354 e. The Kier molecular flexibility index (Phi) is 3.57. The van der Waals surface area contributed by atoms with Crippen LogP contribution in [-0.4, -0.2) is 21.0 Å². The van der Waals surface area contributed by atoms with E-state index in [1.807, 2.05) is 5.38 Å². The van der Waals surface area contributed by atoms with Crippen molar-refractivity contribution in [2.45, 2.75) is 19.8 Å². The molecule has 18 heavy (non-hydrogen) atoms. The molecule has 0 aliphatic carbocycles. The number of aromatic nitrogens is 2. The van der Waals surface area contributed by atoms with Gasteiger partial charge in [0.15, 0.2) is 5.13 Å². The molecule has 2 aromatic heterocycles. The van der Waals surface area contributed by atoms with Gasteiger partial charge in [-0.3, -0.25) is 0 Å². The van der Waals surface area contributed by atoms with Crippen molar-refractivity contribution in [3.8, 4) is 0 Å². The van der Waals surface area contributed by atoms with Gasteiger partial charge in [0.1, 0.15) is 5.69 Å². The standard InChI is InChI=1S/C12H13N3O2S/c1-7(2)10-6-18-12(15-10)14-8-3-4-9(11(16)17)13-5-8/h3-7H,1-2H3,(H,14,15)(H,16,17). The molecule has 0 unspecified atom stereocenters. The second kappa shape index (κ2) is 5.14. The van der Waals surface area contributed by atoms with Crippen LogP contribution in [0.4, 0.5) is 10.8 Å². The highest BCUT2D eigenvalue weighted by Gasteiger charge is 2.07. The molecule has 5 nitrogen and oxygen atoms in total. The summed E-state index contributed by atoms with van der Waals surface area (Å²) in [6.45, 7) is 4.17. The highest BCUT2D eigenvalue weighted by molar-refractivity contribution is 7.13. The van der Waals surface area contributed by atoms with E-state index in [0.29, 0.717) is 5.92 Å². The SMILES string of the molecule is CC(C)c1csc(Nc2ccc(C(=O)O)nc2)n1. The summed E-state index contributed by atoms with van der Waals surface area (Å²) in [7, 11) is 0. The molecule has 2 aromatic rings. The number of carboxylic acids is 1. The van der Waals surface area contributed by atoms with Crippen molar-refractivity contribution in [3.05, 3.63) is 35.1 Å². The van der Waals surface area contributed by atoms with Crippen molar-refractivity contribution in [1.82, 2.24) is 9.97 Å². The Balaban J connectivity index is 2.10. The van der Waals surface area contributed by atoms with Gasteiger partial charge in [-0.1, -0.05) is 13.8 Å². The number of nitrogens with one attached hydrogen (secondary N) is 1. The van der Waals surface area contributed by atoms with Gasteiger partial charge in [0.05, 0.1) is 17.6 Å². The fourth-order valence-corrected chi connectivity index (χ4v) is 2.22. The summed E-state index contributed by atoms with van der Waals surface area (Å²) in [5.41, 5.74) is 1.80. The quantitative estimate of drug-likeness (QED) is 0.886. The number of rotatable bonds is 4. The third-order valence-corrected chi connectivity index (χ3v) is 3.12. The molecule has 2 heterocycles. The minimum absolute atomic E-state index is 0.0301. The normalized spacial score (nSPS) is 10.6. The van der Waals surface area contributed by atoms with Crippen LogP contribution in [0.5, 0.6) is 0 Å². The van der Waals surface area contributed by atoms with Crippen molar-refractivity contribution in [2.24, 2.45) is 0 Å². The first-order chi connectivity index (χ1) is 8.56. The first-order valence-electron chi connectivity index (χ1n) is 5.48. The van der Waals surface area contributed by atoms with Crippen LogP contribution in [-0.2, 0) is 0 Å². The molecule has 0 saturated carbocycles. The van der Waals surface area contributed by atoms with E-state index < -0.39 is 5.97 Å². The molecule has 0 bridgehead atoms. The molecule has 0 aliphatic rings. The van der Waals surface area contributed by atoms with E-state index in [1.165, 1.54) is 23.6 Å². The highest BCUT2D eigenvalue weighted by Crippen LogP contribution is 2.24. The number of hydrogen-bond donors (Lipinski definition) is 2. The fourth-order valence-electron chi connectivity index (χ4n) is 1.33. The molecule has 2 rings (SSSR count). The molecular formula is C12H13N3O2S.